The standard InChI is InChI=1S/5C14H18ClF.3C14H18F2.8H2/c3*1-9-3-6-11(7-4-9)12-8-5-10(2)14(16)13(12)15;5*1-9-3-6-11(7-4-9)12-8-5-10(2)13(15)14(12)16;;;;;;;;/h8*5,8-9,11H,3-4,6-7H2,1-2H3;8*1H. The van der Waals surface area contributed by atoms with E-state index in [9.17, 15) is 48.3 Å². The SMILES string of the molecule is Cc1ccc(C2CCC(C)CC2)c(Cl)c1F.Cc1ccc(C2CCC(C)CC2)c(Cl)c1F.Cc1ccc(C2CCC(C)CC2)c(Cl)c1F.Cc1ccc(C2CCC(C)CC2)c(F)c1Cl.Cc1ccc(C2CCC(C)CC2)c(F)c1Cl.Cc1ccc(C2CCC(C)CC2)c(F)c1F.Cc1ccc(C2CCC(C)CC2)c(F)c1F.Cc1ccc(C2CCC(C)CC2)c(F)c1F.[HH].[HH].[HH].[HH].[HH].[HH].[HH].[HH]. The quantitative estimate of drug-likeness (QED) is 0.133. The van der Waals surface area contributed by atoms with Gasteiger partial charge in [0.15, 0.2) is 34.9 Å². The van der Waals surface area contributed by atoms with Gasteiger partial charge in [-0.3, -0.25) is 0 Å². The number of hydrogen-bond donors (Lipinski definition) is 0. The molecule has 0 aromatic heterocycles. The number of halogens is 16. The van der Waals surface area contributed by atoms with Crippen LogP contribution in [-0.2, 0) is 0 Å². The van der Waals surface area contributed by atoms with E-state index in [0.717, 1.165) is 228 Å². The summed E-state index contributed by atoms with van der Waals surface area (Å²) in [6.07, 6.45) is 36.1. The van der Waals surface area contributed by atoms with Gasteiger partial charge in [-0.15, -0.1) is 0 Å². The maximum absolute atomic E-state index is 14.0. The van der Waals surface area contributed by atoms with E-state index in [4.69, 9.17) is 58.0 Å². The molecule has 8 aromatic rings. The second-order valence-electron chi connectivity index (χ2n) is 40.5. The third-order valence-corrected chi connectivity index (χ3v) is 32.2. The van der Waals surface area contributed by atoms with Crippen LogP contribution in [0.3, 0.4) is 0 Å². The second kappa shape index (κ2) is 50.7. The van der Waals surface area contributed by atoms with E-state index in [0.29, 0.717) is 105 Å². The Morgan fingerprint density at radius 1 is 0.156 bits per heavy atom. The summed E-state index contributed by atoms with van der Waals surface area (Å²) in [5, 5.41) is 1.64. The number of aryl methyl sites for hydroxylation is 8. The van der Waals surface area contributed by atoms with E-state index in [1.165, 1.54) is 64.2 Å². The van der Waals surface area contributed by atoms with Gasteiger partial charge in [-0.2, -0.15) is 0 Å². The van der Waals surface area contributed by atoms with E-state index >= 15 is 0 Å². The van der Waals surface area contributed by atoms with Crippen molar-refractivity contribution in [3.63, 3.8) is 0 Å². The molecule has 0 amide bonds. The van der Waals surface area contributed by atoms with Gasteiger partial charge in [0.2, 0.25) is 0 Å². The first-order chi connectivity index (χ1) is 60.7. The van der Waals surface area contributed by atoms with Crippen LogP contribution < -0.4 is 0 Å². The zero-order valence-corrected chi connectivity index (χ0v) is 82.9. The van der Waals surface area contributed by atoms with Crippen LogP contribution in [0.4, 0.5) is 48.3 Å². The van der Waals surface area contributed by atoms with Gasteiger partial charge in [0.05, 0.1) is 25.1 Å². The largest absolute Gasteiger partial charge is 0.205 e. The van der Waals surface area contributed by atoms with Crippen molar-refractivity contribution in [3.8, 4) is 0 Å². The molecule has 0 saturated heterocycles. The lowest BCUT2D eigenvalue weighted by Crippen LogP contribution is -2.13. The zero-order valence-electron chi connectivity index (χ0n) is 79.2. The van der Waals surface area contributed by atoms with Gasteiger partial charge in [-0.1, -0.05) is 313 Å². The van der Waals surface area contributed by atoms with Gasteiger partial charge in [-0.05, 0) is 342 Å². The van der Waals surface area contributed by atoms with E-state index in [2.05, 4.69) is 55.4 Å². The Hall–Kier alpha value is -5.56. The Bertz CT molecular complexity index is 3980. The summed E-state index contributed by atoms with van der Waals surface area (Å²) in [6.45, 7) is 31.8. The summed E-state index contributed by atoms with van der Waals surface area (Å²) < 4.78 is 151. The predicted octanol–water partition coefficient (Wildman–Crippen LogP) is 41.1. The van der Waals surface area contributed by atoms with Crippen LogP contribution in [-0.4, -0.2) is 0 Å². The van der Waals surface area contributed by atoms with Crippen LogP contribution in [0.25, 0.3) is 0 Å². The molecular formula is C112H160Cl5F11. The van der Waals surface area contributed by atoms with Crippen molar-refractivity contribution in [2.75, 3.05) is 0 Å². The first kappa shape index (κ1) is 106. The lowest BCUT2D eigenvalue weighted by atomic mass is 9.79. The van der Waals surface area contributed by atoms with Crippen LogP contribution in [0.5, 0.6) is 0 Å². The third-order valence-electron chi connectivity index (χ3n) is 30.1. The van der Waals surface area contributed by atoms with Gasteiger partial charge < -0.3 is 0 Å². The lowest BCUT2D eigenvalue weighted by molar-refractivity contribution is 0.339. The molecule has 0 N–H and O–H groups in total. The average molecular weight is 1890 g/mol. The molecule has 0 heterocycles. The van der Waals surface area contributed by atoms with Gasteiger partial charge in [0.25, 0.3) is 0 Å². The Labute approximate surface area is 798 Å². The molecule has 0 bridgehead atoms. The molecule has 16 rings (SSSR count). The van der Waals surface area contributed by atoms with E-state index < -0.39 is 34.9 Å². The van der Waals surface area contributed by atoms with Crippen LogP contribution >= 0.6 is 58.0 Å². The summed E-state index contributed by atoms with van der Waals surface area (Å²) in [5.74, 6) is 3.97. The summed E-state index contributed by atoms with van der Waals surface area (Å²) in [6, 6.07) is 29.6. The van der Waals surface area contributed by atoms with Crippen LogP contribution in [0.2, 0.25) is 25.1 Å². The Morgan fingerprint density at radius 3 is 0.445 bits per heavy atom. The molecule has 16 heteroatoms. The molecule has 0 radical (unpaired) electrons. The summed E-state index contributed by atoms with van der Waals surface area (Å²) in [7, 11) is 0. The van der Waals surface area contributed by atoms with Crippen LogP contribution in [0.1, 0.15) is 409 Å². The molecule has 128 heavy (non-hydrogen) atoms. The van der Waals surface area contributed by atoms with Crippen molar-refractivity contribution >= 4 is 58.0 Å². The zero-order chi connectivity index (χ0) is 93.7. The molecule has 0 atom stereocenters. The maximum Gasteiger partial charge on any atom is 0.162 e. The third kappa shape index (κ3) is 29.2. The predicted molar refractivity (Wildman–Crippen MR) is 534 cm³/mol. The second-order valence-corrected chi connectivity index (χ2v) is 42.3. The molecule has 8 saturated carbocycles. The first-order valence-corrected chi connectivity index (χ1v) is 50.2. The van der Waals surface area contributed by atoms with Crippen molar-refractivity contribution in [3.05, 3.63) is 275 Å². The van der Waals surface area contributed by atoms with Crippen LogP contribution in [0, 0.1) is 167 Å². The highest BCUT2D eigenvalue weighted by atomic mass is 35.5. The molecule has 0 unspecified atom stereocenters. The molecule has 720 valence electrons. The maximum atomic E-state index is 14.0. The fourth-order valence-corrected chi connectivity index (χ4v) is 21.8. The fraction of sp³-hybridized carbons (Fsp3) is 0.571. The molecule has 0 spiro atoms. The summed E-state index contributed by atoms with van der Waals surface area (Å²) in [5.41, 5.74) is 11.2. The van der Waals surface area contributed by atoms with Gasteiger partial charge in [0, 0.05) is 11.4 Å². The van der Waals surface area contributed by atoms with Crippen molar-refractivity contribution in [2.24, 2.45) is 47.3 Å². The highest BCUT2D eigenvalue weighted by molar-refractivity contribution is 6.33. The van der Waals surface area contributed by atoms with Gasteiger partial charge in [-0.25, -0.2) is 48.3 Å². The smallest absolute Gasteiger partial charge is 0.162 e. The van der Waals surface area contributed by atoms with Crippen molar-refractivity contribution in [1.82, 2.24) is 0 Å². The molecule has 8 aliphatic rings. The van der Waals surface area contributed by atoms with Crippen molar-refractivity contribution in [2.45, 2.75) is 364 Å². The van der Waals surface area contributed by atoms with E-state index in [1.807, 2.05) is 74.5 Å². The van der Waals surface area contributed by atoms with E-state index in [1.54, 1.807) is 77.9 Å². The first-order valence-electron chi connectivity index (χ1n) is 48.3. The average Bonchev–Trinajstić information content (AvgIpc) is 0.857. The van der Waals surface area contributed by atoms with Crippen molar-refractivity contribution < 1.29 is 59.7 Å². The molecular weight excluding hydrogens is 1730 g/mol. The monoisotopic (exact) mass is 1890 g/mol. The van der Waals surface area contributed by atoms with Gasteiger partial charge in [0.1, 0.15) is 29.1 Å². The van der Waals surface area contributed by atoms with E-state index in [-0.39, 0.29) is 58.3 Å². The number of benzene rings is 8. The molecule has 8 fully saturated rings. The number of hydrogen-bond acceptors (Lipinski definition) is 0. The normalized spacial score (nSPS) is 25.8. The molecule has 8 aromatic carbocycles. The molecule has 8 aliphatic carbocycles. The minimum Gasteiger partial charge on any atom is -0.205 e. The highest BCUT2D eigenvalue weighted by Gasteiger charge is 2.32. The summed E-state index contributed by atoms with van der Waals surface area (Å²) >= 11 is 30.2. The van der Waals surface area contributed by atoms with Crippen molar-refractivity contribution in [1.29, 1.82) is 0 Å². The highest BCUT2D eigenvalue weighted by Crippen LogP contribution is 2.47. The molecule has 0 aliphatic heterocycles. The Kier molecular flexibility index (Phi) is 42.0. The summed E-state index contributed by atoms with van der Waals surface area (Å²) in [4.78, 5) is 0. The fourth-order valence-electron chi connectivity index (χ4n) is 20.4. The number of rotatable bonds is 8. The van der Waals surface area contributed by atoms with Gasteiger partial charge >= 0.3 is 0 Å². The minimum absolute atomic E-state index is 0. The van der Waals surface area contributed by atoms with Crippen LogP contribution in [0.15, 0.2) is 97.1 Å². The Morgan fingerprint density at radius 2 is 0.281 bits per heavy atom. The topological polar surface area (TPSA) is 0 Å². The Balaban J connectivity index is 0.000000771. The lowest BCUT2D eigenvalue weighted by Gasteiger charge is -2.27. The molecule has 0 nitrogen and oxygen atoms in total. The minimum atomic E-state index is -0.670.